The molecular formula is C75H92N8O17. The van der Waals surface area contributed by atoms with Crippen LogP contribution in [-0.2, 0) is 87.8 Å². The Hall–Kier alpha value is -10.4. The van der Waals surface area contributed by atoms with Crippen molar-refractivity contribution in [1.82, 2.24) is 35.1 Å². The van der Waals surface area contributed by atoms with Crippen LogP contribution in [0.25, 0.3) is 0 Å². The van der Waals surface area contributed by atoms with Crippen LogP contribution in [0.4, 0.5) is 10.5 Å². The van der Waals surface area contributed by atoms with Crippen LogP contribution in [0.5, 0.6) is 17.2 Å². The van der Waals surface area contributed by atoms with E-state index in [-0.39, 0.29) is 62.4 Å². The van der Waals surface area contributed by atoms with Crippen molar-refractivity contribution in [1.29, 1.82) is 0 Å². The van der Waals surface area contributed by atoms with Gasteiger partial charge < -0.3 is 68.9 Å². The number of aryl methyl sites for hydroxylation is 1. The zero-order valence-electron chi connectivity index (χ0n) is 58.2. The highest BCUT2D eigenvalue weighted by Crippen LogP contribution is 2.33. The number of hydrogen-bond donors (Lipinski definition) is 3. The fraction of sp³-hybridized carbons (Fsp3) is 0.427. The molecule has 2 saturated heterocycles. The zero-order valence-corrected chi connectivity index (χ0v) is 58.2. The fourth-order valence-electron chi connectivity index (χ4n) is 11.5. The van der Waals surface area contributed by atoms with E-state index in [4.69, 9.17) is 28.4 Å². The number of hydrogen-bond acceptors (Lipinski definition) is 17. The summed E-state index contributed by atoms with van der Waals surface area (Å²) in [6.45, 7) is 9.18. The minimum Gasteiger partial charge on any atom is -0.493 e. The SMILES string of the molecule is C=CC(=O)OCC(C)(C)C(=O)C(=O)N1CCCC[C@H]1C(=O)O[C@H](CCc1ccc(OC)c(OC)c1)c1cccc(NC(=O)CCC(=O)N(C)[C@@H](Cc2ccc(OC(=O)N3CCOCC3)cc2)C(=O)N[C@H](Cc2ccccc2)C(=O)N(C)CC(=O)N[C@H](Cc2ccccc2)C(=O)N(C)CC)c1. The van der Waals surface area contributed by atoms with Crippen molar-refractivity contribution in [3.8, 4) is 17.2 Å². The molecule has 2 aliphatic rings. The molecule has 0 aromatic heterocycles. The molecule has 0 saturated carbocycles. The Morgan fingerprint density at radius 3 is 1.93 bits per heavy atom. The van der Waals surface area contributed by atoms with Crippen LogP contribution in [-0.4, -0.2) is 202 Å². The zero-order chi connectivity index (χ0) is 72.5. The second-order valence-corrected chi connectivity index (χ2v) is 25.3. The molecule has 0 spiro atoms. The lowest BCUT2D eigenvalue weighted by atomic mass is 9.87. The molecule has 8 amide bonds. The van der Waals surface area contributed by atoms with Crippen molar-refractivity contribution in [2.45, 2.75) is 115 Å². The standard InChI is InChI=1S/C75H92N8O17/c1-10-67(87)98-49-75(3,4)68(88)72(92)83-38-19-18-27-59(83)73(93)100-61(34-30-53-31-35-62(95-8)63(46-53)96-9)54-25-20-26-55(47-54)76-64(84)36-37-66(86)81(7)60(45-52-28-32-56(33-29-52)99-74(94)82-39-41-97-42-40-82)69(89)78-58(44-51-23-16-13-17-24-51)71(91)80(6)48-65(85)77-57(70(90)79(5)11-2)43-50-21-14-12-15-22-50/h10,12-17,20-26,28-29,31-33,35,46-47,57-61H,1,11,18-19,27,30,34,36-45,48-49H2,2-9H3,(H,76,84)(H,77,85)(H,78,89)/t57-,58-,59+,60+,61-/m1/s1. The van der Waals surface area contributed by atoms with E-state index in [1.165, 1.54) is 61.8 Å². The van der Waals surface area contributed by atoms with Crippen molar-refractivity contribution in [3.63, 3.8) is 0 Å². The number of carbonyl (C=O) groups excluding carboxylic acids is 11. The Morgan fingerprint density at radius 2 is 1.30 bits per heavy atom. The normalized spacial score (nSPS) is 14.8. The number of benzene rings is 5. The summed E-state index contributed by atoms with van der Waals surface area (Å²) in [5, 5.41) is 8.56. The van der Waals surface area contributed by atoms with E-state index in [1.807, 2.05) is 43.3 Å². The highest BCUT2D eigenvalue weighted by atomic mass is 16.6. The summed E-state index contributed by atoms with van der Waals surface area (Å²) >= 11 is 0. The summed E-state index contributed by atoms with van der Waals surface area (Å²) in [6, 6.07) is 31.8. The van der Waals surface area contributed by atoms with Crippen LogP contribution in [0.1, 0.15) is 93.2 Å². The summed E-state index contributed by atoms with van der Waals surface area (Å²) < 4.78 is 33.5. The highest BCUT2D eigenvalue weighted by molar-refractivity contribution is 6.38. The van der Waals surface area contributed by atoms with E-state index in [9.17, 15) is 47.9 Å². The minimum atomic E-state index is -1.43. The smallest absolute Gasteiger partial charge is 0.415 e. The first-order valence-corrected chi connectivity index (χ1v) is 33.4. The molecular weight excluding hydrogens is 1280 g/mol. The largest absolute Gasteiger partial charge is 0.493 e. The van der Waals surface area contributed by atoms with Gasteiger partial charge in [0.2, 0.25) is 41.2 Å². The van der Waals surface area contributed by atoms with Crippen molar-refractivity contribution in [3.05, 3.63) is 168 Å². The molecule has 0 aliphatic carbocycles. The number of ether oxygens (including phenoxy) is 6. The number of likely N-dealkylation sites (N-methyl/N-ethyl adjacent to an activating group) is 3. The van der Waals surface area contributed by atoms with Crippen LogP contribution in [0.2, 0.25) is 0 Å². The minimum absolute atomic E-state index is 0.0239. The third-order valence-corrected chi connectivity index (χ3v) is 17.5. The van der Waals surface area contributed by atoms with Gasteiger partial charge in [-0.15, -0.1) is 0 Å². The molecule has 5 atom stereocenters. The predicted octanol–water partition coefficient (Wildman–Crippen LogP) is 6.64. The number of esters is 2. The number of anilines is 1. The molecule has 3 N–H and O–H groups in total. The van der Waals surface area contributed by atoms with Gasteiger partial charge in [-0.25, -0.2) is 14.4 Å². The van der Waals surface area contributed by atoms with E-state index in [0.29, 0.717) is 80.3 Å². The molecule has 0 radical (unpaired) electrons. The molecule has 25 nitrogen and oxygen atoms in total. The molecule has 534 valence electrons. The third kappa shape index (κ3) is 22.3. The number of Topliss-reactive ketones (excluding diaryl/α,β-unsaturated/α-hetero) is 1. The molecule has 100 heavy (non-hydrogen) atoms. The van der Waals surface area contributed by atoms with Crippen molar-refractivity contribution >= 4 is 70.9 Å². The summed E-state index contributed by atoms with van der Waals surface area (Å²) in [6.07, 6.45) is 0.539. The third-order valence-electron chi connectivity index (χ3n) is 17.5. The molecule has 5 aromatic rings. The average Bonchev–Trinajstić information content (AvgIpc) is 0.812. The van der Waals surface area contributed by atoms with Gasteiger partial charge in [-0.1, -0.05) is 97.6 Å². The van der Waals surface area contributed by atoms with Gasteiger partial charge in [-0.3, -0.25) is 38.4 Å². The lowest BCUT2D eigenvalue weighted by Gasteiger charge is -2.36. The maximum atomic E-state index is 15.0. The molecule has 0 unspecified atom stereocenters. The van der Waals surface area contributed by atoms with E-state index >= 15 is 4.79 Å². The Labute approximate surface area is 583 Å². The molecule has 5 aromatic carbocycles. The summed E-state index contributed by atoms with van der Waals surface area (Å²) in [4.78, 5) is 159. The van der Waals surface area contributed by atoms with Crippen molar-refractivity contribution < 1.29 is 81.2 Å². The molecule has 0 bridgehead atoms. The van der Waals surface area contributed by atoms with Gasteiger partial charge >= 0.3 is 18.0 Å². The van der Waals surface area contributed by atoms with Crippen molar-refractivity contribution in [2.24, 2.45) is 5.41 Å². The van der Waals surface area contributed by atoms with Gasteiger partial charge in [0.1, 0.15) is 42.6 Å². The van der Waals surface area contributed by atoms with Gasteiger partial charge in [0.25, 0.3) is 5.91 Å². The Kier molecular flexibility index (Phi) is 28.9. The van der Waals surface area contributed by atoms with E-state index in [2.05, 4.69) is 22.5 Å². The van der Waals surface area contributed by atoms with E-state index < -0.39 is 115 Å². The van der Waals surface area contributed by atoms with Crippen LogP contribution >= 0.6 is 0 Å². The second-order valence-electron chi connectivity index (χ2n) is 25.3. The van der Waals surface area contributed by atoms with Crippen molar-refractivity contribution in [2.75, 3.05) is 93.2 Å². The fourth-order valence-corrected chi connectivity index (χ4v) is 11.5. The van der Waals surface area contributed by atoms with Crippen LogP contribution < -0.4 is 30.2 Å². The maximum Gasteiger partial charge on any atom is 0.415 e. The lowest BCUT2D eigenvalue weighted by Crippen LogP contribution is -2.57. The van der Waals surface area contributed by atoms with Crippen LogP contribution in [0.15, 0.2) is 140 Å². The summed E-state index contributed by atoms with van der Waals surface area (Å²) in [7, 11) is 7.48. The Morgan fingerprint density at radius 1 is 0.680 bits per heavy atom. The van der Waals surface area contributed by atoms with Gasteiger partial charge in [-0.05, 0) is 117 Å². The van der Waals surface area contributed by atoms with Gasteiger partial charge in [0.05, 0.1) is 39.4 Å². The first-order chi connectivity index (χ1) is 47.9. The number of ketones is 1. The predicted molar refractivity (Wildman–Crippen MR) is 371 cm³/mol. The lowest BCUT2D eigenvalue weighted by molar-refractivity contribution is -0.165. The van der Waals surface area contributed by atoms with E-state index in [1.54, 1.807) is 98.0 Å². The monoisotopic (exact) mass is 1380 g/mol. The first kappa shape index (κ1) is 76.9. The van der Waals surface area contributed by atoms with E-state index in [0.717, 1.165) is 22.1 Å². The Bertz CT molecular complexity index is 3680. The van der Waals surface area contributed by atoms with Gasteiger partial charge in [0, 0.05) is 91.2 Å². The number of nitrogens with one attached hydrogen (secondary N) is 3. The van der Waals surface area contributed by atoms with Gasteiger partial charge in [-0.2, -0.15) is 0 Å². The summed E-state index contributed by atoms with van der Waals surface area (Å²) in [5.41, 5.74) is 2.14. The molecule has 7 rings (SSSR count). The first-order valence-electron chi connectivity index (χ1n) is 33.4. The maximum absolute atomic E-state index is 15.0. The quantitative estimate of drug-likeness (QED) is 0.0225. The number of morpholine rings is 1. The topological polar surface area (TPSA) is 295 Å². The molecule has 2 aliphatic heterocycles. The number of piperidine rings is 1. The molecule has 2 heterocycles. The average molecular weight is 1380 g/mol. The van der Waals surface area contributed by atoms with Gasteiger partial charge in [0.15, 0.2) is 11.5 Å². The molecule has 25 heteroatoms. The number of methoxy groups -OCH3 is 2. The number of likely N-dealkylation sites (tertiary alicyclic amines) is 1. The Balaban J connectivity index is 1.09. The number of rotatable bonds is 33. The van der Waals surface area contributed by atoms with Crippen LogP contribution in [0, 0.1) is 5.41 Å². The molecule has 2 fully saturated rings. The highest BCUT2D eigenvalue weighted by Gasteiger charge is 2.43. The number of nitrogens with zero attached hydrogens (tertiary/aromatic N) is 5. The number of amides is 8. The summed E-state index contributed by atoms with van der Waals surface area (Å²) in [5.74, 6) is -5.62. The second kappa shape index (κ2) is 37.5. The van der Waals surface area contributed by atoms with Crippen LogP contribution in [0.3, 0.4) is 0 Å². The number of carbonyl (C=O) groups is 11.